The highest BCUT2D eigenvalue weighted by Gasteiger charge is 2.54. The van der Waals surface area contributed by atoms with Crippen molar-refractivity contribution in [2.75, 3.05) is 26.4 Å². The standard InChI is InChI=1S/C91H165NO18/c1-3-5-7-9-11-13-15-17-19-21-23-25-27-29-31-32-33-34-35-36-37-38-39-40-41-42-43-45-47-49-51-53-55-57-59-61-63-65-67-69-79(97)92-74(75(96)68-66-64-62-60-58-56-54-52-50-48-46-44-30-28-26-24-22-20-18-16-14-12-10-8-6-4-2)73-105-89-85(103)82(100)87(77(71-94)107-89)110-91-86(104)83(101)88(78(72-95)108-91)109-90-84(102)81(99)80(98)76(70-93)106-90/h5,7,11,13,17,19,23,25,58,60,66,68,74-78,80-91,93-96,98-104H,3-4,6,8-10,12,14-16,18,20-22,24,26-57,59,61-65,67,69-73H2,1-2H3,(H,92,97)/b7-5-,13-11-,19-17-,25-23-,60-58+,68-66+. The minimum atomic E-state index is -1.98. The van der Waals surface area contributed by atoms with E-state index in [2.05, 4.69) is 79.9 Å². The summed E-state index contributed by atoms with van der Waals surface area (Å²) in [6.45, 7) is 1.66. The maximum Gasteiger partial charge on any atom is 0.220 e. The van der Waals surface area contributed by atoms with Gasteiger partial charge in [-0.1, -0.05) is 363 Å². The van der Waals surface area contributed by atoms with Crippen LogP contribution in [-0.2, 0) is 33.2 Å². The van der Waals surface area contributed by atoms with E-state index in [0.29, 0.717) is 12.8 Å². The smallest absolute Gasteiger partial charge is 0.220 e. The van der Waals surface area contributed by atoms with Crippen LogP contribution in [0.5, 0.6) is 0 Å². The molecule has 0 aromatic carbocycles. The van der Waals surface area contributed by atoms with E-state index in [0.717, 1.165) is 64.2 Å². The molecular formula is C91H165NO18. The van der Waals surface area contributed by atoms with Crippen LogP contribution in [0.15, 0.2) is 72.9 Å². The third-order valence-corrected chi connectivity index (χ3v) is 22.2. The molecule has 12 N–H and O–H groups in total. The molecule has 3 heterocycles. The highest BCUT2D eigenvalue weighted by molar-refractivity contribution is 5.76. The van der Waals surface area contributed by atoms with Crippen LogP contribution in [-0.4, -0.2) is 193 Å². The Morgan fingerprint density at radius 3 is 1.02 bits per heavy atom. The van der Waals surface area contributed by atoms with E-state index in [4.69, 9.17) is 28.4 Å². The second kappa shape index (κ2) is 70.4. The highest BCUT2D eigenvalue weighted by Crippen LogP contribution is 2.34. The van der Waals surface area contributed by atoms with E-state index in [9.17, 15) is 61.0 Å². The molecule has 0 radical (unpaired) electrons. The van der Waals surface area contributed by atoms with Crippen LogP contribution in [0.25, 0.3) is 0 Å². The van der Waals surface area contributed by atoms with Gasteiger partial charge in [-0.25, -0.2) is 0 Å². The first-order valence-electron chi connectivity index (χ1n) is 45.2. The number of aliphatic hydroxyl groups is 11. The van der Waals surface area contributed by atoms with Crippen molar-refractivity contribution in [1.29, 1.82) is 0 Å². The molecule has 0 spiro atoms. The SMILES string of the molecule is CC/C=C\C/C=C\C/C=C\C/C=C\CCCCCCCCCCCCCCCCCCCCCCCCCCCCC(=O)NC(COC1OC(CO)C(OC2OC(CO)C(OC3OC(CO)C(O)C(O)C3O)C(O)C2O)C(O)C1O)C(O)/C=C/CC/C=C/CCCCCCCCCCCCCCCCCCCCCC. The number of ether oxygens (including phenoxy) is 6. The van der Waals surface area contributed by atoms with Crippen LogP contribution in [0, 0.1) is 0 Å². The lowest BCUT2D eigenvalue weighted by Crippen LogP contribution is -2.66. The molecule has 0 aliphatic carbocycles. The van der Waals surface area contributed by atoms with Gasteiger partial charge in [0.1, 0.15) is 73.2 Å². The highest BCUT2D eigenvalue weighted by atomic mass is 16.8. The van der Waals surface area contributed by atoms with Crippen molar-refractivity contribution < 1.29 is 89.4 Å². The molecule has 3 saturated heterocycles. The molecule has 0 saturated carbocycles. The Morgan fingerprint density at radius 2 is 0.636 bits per heavy atom. The van der Waals surface area contributed by atoms with E-state index in [-0.39, 0.29) is 18.9 Å². The monoisotopic (exact) mass is 1560 g/mol. The summed E-state index contributed by atoms with van der Waals surface area (Å²) in [5, 5.41) is 121. The van der Waals surface area contributed by atoms with Crippen molar-refractivity contribution in [3.63, 3.8) is 0 Å². The van der Waals surface area contributed by atoms with Gasteiger partial charge in [-0.2, -0.15) is 0 Å². The van der Waals surface area contributed by atoms with E-state index >= 15 is 0 Å². The Bertz CT molecular complexity index is 2270. The number of allylic oxidation sites excluding steroid dienone is 11. The van der Waals surface area contributed by atoms with Crippen molar-refractivity contribution in [3.05, 3.63) is 72.9 Å². The van der Waals surface area contributed by atoms with Gasteiger partial charge in [-0.05, 0) is 70.6 Å². The lowest BCUT2D eigenvalue weighted by Gasteiger charge is -2.48. The molecule has 0 aromatic heterocycles. The number of carbonyl (C=O) groups excluding carboxylic acids is 1. The van der Waals surface area contributed by atoms with Crippen molar-refractivity contribution in [2.45, 2.75) is 471 Å². The van der Waals surface area contributed by atoms with Crippen molar-refractivity contribution in [1.82, 2.24) is 5.32 Å². The topological polar surface area (TPSA) is 307 Å². The van der Waals surface area contributed by atoms with Crippen LogP contribution in [0.4, 0.5) is 0 Å². The molecule has 3 fully saturated rings. The molecule has 110 heavy (non-hydrogen) atoms. The third-order valence-electron chi connectivity index (χ3n) is 22.2. The Hall–Kier alpha value is -2.77. The Kier molecular flexibility index (Phi) is 64.9. The molecule has 3 aliphatic rings. The lowest BCUT2D eigenvalue weighted by molar-refractivity contribution is -0.379. The summed E-state index contributed by atoms with van der Waals surface area (Å²) < 4.78 is 34.5. The molecule has 1 amide bonds. The number of nitrogens with one attached hydrogen (secondary N) is 1. The maximum absolute atomic E-state index is 13.5. The van der Waals surface area contributed by atoms with E-state index in [1.54, 1.807) is 6.08 Å². The number of aliphatic hydroxyl groups excluding tert-OH is 11. The quantitative estimate of drug-likeness (QED) is 0.0199. The predicted molar refractivity (Wildman–Crippen MR) is 443 cm³/mol. The first kappa shape index (κ1) is 101. The van der Waals surface area contributed by atoms with Crippen LogP contribution in [0.3, 0.4) is 0 Å². The average molecular weight is 1560 g/mol. The third kappa shape index (κ3) is 48.7. The summed E-state index contributed by atoms with van der Waals surface area (Å²) in [6, 6.07) is -0.992. The van der Waals surface area contributed by atoms with Gasteiger partial charge in [0.15, 0.2) is 18.9 Å². The maximum atomic E-state index is 13.5. The Morgan fingerprint density at radius 1 is 0.336 bits per heavy atom. The van der Waals surface area contributed by atoms with Crippen LogP contribution in [0.2, 0.25) is 0 Å². The molecule has 19 heteroatoms. The molecule has 3 aliphatic heterocycles. The second-order valence-corrected chi connectivity index (χ2v) is 32.0. The second-order valence-electron chi connectivity index (χ2n) is 32.0. The summed E-state index contributed by atoms with van der Waals surface area (Å²) in [5.41, 5.74) is 0. The summed E-state index contributed by atoms with van der Waals surface area (Å²) in [7, 11) is 0. The van der Waals surface area contributed by atoms with Gasteiger partial charge in [0.05, 0.1) is 38.6 Å². The summed E-state index contributed by atoms with van der Waals surface area (Å²) in [5.74, 6) is -0.279. The minimum Gasteiger partial charge on any atom is -0.394 e. The zero-order chi connectivity index (χ0) is 79.5. The van der Waals surface area contributed by atoms with Gasteiger partial charge in [0.2, 0.25) is 5.91 Å². The normalized spacial score (nSPS) is 25.5. The summed E-state index contributed by atoms with van der Waals surface area (Å²) in [6.07, 6.45) is 67.8. The number of carbonyl (C=O) groups is 1. The van der Waals surface area contributed by atoms with Gasteiger partial charge in [0.25, 0.3) is 0 Å². The fourth-order valence-corrected chi connectivity index (χ4v) is 15.1. The lowest BCUT2D eigenvalue weighted by atomic mass is 9.96. The van der Waals surface area contributed by atoms with Crippen molar-refractivity contribution in [3.8, 4) is 0 Å². The molecule has 642 valence electrons. The first-order chi connectivity index (χ1) is 53.8. The van der Waals surface area contributed by atoms with Gasteiger partial charge < -0.3 is 89.9 Å². The van der Waals surface area contributed by atoms with Gasteiger partial charge in [0, 0.05) is 6.42 Å². The van der Waals surface area contributed by atoms with Crippen LogP contribution in [0.1, 0.15) is 367 Å². The molecule has 17 atom stereocenters. The van der Waals surface area contributed by atoms with Gasteiger partial charge in [-0.15, -0.1) is 0 Å². The molecule has 3 rings (SSSR count). The summed E-state index contributed by atoms with van der Waals surface area (Å²) in [4.78, 5) is 13.5. The fourth-order valence-electron chi connectivity index (χ4n) is 15.1. The molecule has 19 nitrogen and oxygen atoms in total. The number of hydrogen-bond donors (Lipinski definition) is 12. The Labute approximate surface area is 668 Å². The average Bonchev–Trinajstić information content (AvgIpc) is 0.780. The number of unbranched alkanes of at least 4 members (excludes halogenated alkanes) is 47. The zero-order valence-corrected chi connectivity index (χ0v) is 69.2. The van der Waals surface area contributed by atoms with Crippen LogP contribution >= 0.6 is 0 Å². The Balaban J connectivity index is 1.31. The van der Waals surface area contributed by atoms with Crippen molar-refractivity contribution >= 4 is 5.91 Å². The molecule has 17 unspecified atom stereocenters. The van der Waals surface area contributed by atoms with Crippen molar-refractivity contribution in [2.24, 2.45) is 0 Å². The number of amides is 1. The number of rotatable bonds is 73. The van der Waals surface area contributed by atoms with E-state index in [1.807, 2.05) is 6.08 Å². The largest absolute Gasteiger partial charge is 0.394 e. The van der Waals surface area contributed by atoms with E-state index < -0.39 is 124 Å². The first-order valence-corrected chi connectivity index (χ1v) is 45.2. The predicted octanol–water partition coefficient (Wildman–Crippen LogP) is 17.1. The fraction of sp³-hybridized carbons (Fsp3) is 0.857. The number of hydrogen-bond acceptors (Lipinski definition) is 18. The van der Waals surface area contributed by atoms with E-state index in [1.165, 1.54) is 270 Å². The molecular weight excluding hydrogens is 1390 g/mol. The molecule has 0 aromatic rings. The minimum absolute atomic E-state index is 0.238. The zero-order valence-electron chi connectivity index (χ0n) is 69.2. The van der Waals surface area contributed by atoms with Gasteiger partial charge >= 0.3 is 0 Å². The van der Waals surface area contributed by atoms with Gasteiger partial charge in [-0.3, -0.25) is 4.79 Å². The summed E-state index contributed by atoms with van der Waals surface area (Å²) >= 11 is 0. The molecule has 0 bridgehead atoms. The van der Waals surface area contributed by atoms with Crippen LogP contribution < -0.4 is 5.32 Å².